The second kappa shape index (κ2) is 6.80. The van der Waals surface area contributed by atoms with Gasteiger partial charge in [0, 0.05) is 19.1 Å². The van der Waals surface area contributed by atoms with Crippen molar-refractivity contribution < 1.29 is 14.6 Å². The Morgan fingerprint density at radius 2 is 2.29 bits per heavy atom. The molecule has 0 aliphatic carbocycles. The number of nitrogens with two attached hydrogens (primary N) is 1. The number of piperidine rings is 1. The number of carbonyl (C=O) groups excluding carboxylic acids is 1. The van der Waals surface area contributed by atoms with Crippen molar-refractivity contribution in [1.29, 1.82) is 0 Å². The fourth-order valence-corrected chi connectivity index (χ4v) is 2.96. The molecule has 0 bridgehead atoms. The maximum atomic E-state index is 12.7. The van der Waals surface area contributed by atoms with Crippen LogP contribution in [0.1, 0.15) is 36.5 Å². The van der Waals surface area contributed by atoms with Crippen LogP contribution in [0.5, 0.6) is 11.5 Å². The van der Waals surface area contributed by atoms with Gasteiger partial charge in [-0.05, 0) is 37.0 Å². The molecule has 1 saturated heterocycles. The molecule has 1 fully saturated rings. The van der Waals surface area contributed by atoms with E-state index >= 15 is 0 Å². The van der Waals surface area contributed by atoms with E-state index in [0.717, 1.165) is 19.3 Å². The minimum Gasteiger partial charge on any atom is -0.507 e. The second-order valence-corrected chi connectivity index (χ2v) is 5.57. The van der Waals surface area contributed by atoms with Crippen LogP contribution in [0.25, 0.3) is 0 Å². The first-order valence-electron chi connectivity index (χ1n) is 7.48. The highest BCUT2D eigenvalue weighted by molar-refractivity contribution is 5.97. The molecule has 116 valence electrons. The van der Waals surface area contributed by atoms with E-state index < -0.39 is 0 Å². The van der Waals surface area contributed by atoms with Gasteiger partial charge in [-0.25, -0.2) is 0 Å². The summed E-state index contributed by atoms with van der Waals surface area (Å²) in [4.78, 5) is 14.5. The van der Waals surface area contributed by atoms with Crippen LogP contribution in [-0.4, -0.2) is 42.2 Å². The standard InChI is InChI=1S/C16H24N2O3/c1-3-11-6-7-18(12(8-11)10-17)16(20)14-9-13(21-2)4-5-15(14)19/h4-5,9,11-12,19H,3,6-8,10,17H2,1-2H3. The maximum Gasteiger partial charge on any atom is 0.258 e. The molecule has 1 aliphatic rings. The van der Waals surface area contributed by atoms with Crippen LogP contribution in [0.4, 0.5) is 0 Å². The average Bonchev–Trinajstić information content (AvgIpc) is 2.54. The Kier molecular flexibility index (Phi) is 5.07. The van der Waals surface area contributed by atoms with E-state index in [1.165, 1.54) is 13.2 Å². The summed E-state index contributed by atoms with van der Waals surface area (Å²) < 4.78 is 5.13. The monoisotopic (exact) mass is 292 g/mol. The molecule has 0 radical (unpaired) electrons. The summed E-state index contributed by atoms with van der Waals surface area (Å²) in [7, 11) is 1.54. The van der Waals surface area contributed by atoms with Crippen LogP contribution >= 0.6 is 0 Å². The molecule has 21 heavy (non-hydrogen) atoms. The molecule has 3 N–H and O–H groups in total. The van der Waals surface area contributed by atoms with Gasteiger partial charge >= 0.3 is 0 Å². The lowest BCUT2D eigenvalue weighted by Gasteiger charge is -2.39. The van der Waals surface area contributed by atoms with E-state index in [9.17, 15) is 9.90 Å². The van der Waals surface area contributed by atoms with Crippen LogP contribution in [-0.2, 0) is 0 Å². The first-order valence-corrected chi connectivity index (χ1v) is 7.48. The molecule has 0 spiro atoms. The number of phenols is 1. The lowest BCUT2D eigenvalue weighted by molar-refractivity contribution is 0.0555. The summed E-state index contributed by atoms with van der Waals surface area (Å²) in [5.41, 5.74) is 6.12. The lowest BCUT2D eigenvalue weighted by Crippen LogP contribution is -2.49. The molecular formula is C16H24N2O3. The van der Waals surface area contributed by atoms with Gasteiger partial charge in [0.25, 0.3) is 5.91 Å². The topological polar surface area (TPSA) is 75.8 Å². The van der Waals surface area contributed by atoms with E-state index in [1.54, 1.807) is 17.0 Å². The van der Waals surface area contributed by atoms with Crippen molar-refractivity contribution in [3.8, 4) is 11.5 Å². The number of aromatic hydroxyl groups is 1. The summed E-state index contributed by atoms with van der Waals surface area (Å²) in [6.07, 6.45) is 3.04. The molecule has 2 unspecified atom stereocenters. The third-order valence-electron chi connectivity index (χ3n) is 4.37. The molecular weight excluding hydrogens is 268 g/mol. The molecule has 1 amide bonds. The van der Waals surface area contributed by atoms with Gasteiger partial charge < -0.3 is 20.5 Å². The van der Waals surface area contributed by atoms with E-state index in [-0.39, 0.29) is 23.3 Å². The van der Waals surface area contributed by atoms with Crippen molar-refractivity contribution in [2.75, 3.05) is 20.2 Å². The minimum absolute atomic E-state index is 0.0193. The number of likely N-dealkylation sites (tertiary alicyclic amines) is 1. The predicted octanol–water partition coefficient (Wildman–Crippen LogP) is 1.99. The Morgan fingerprint density at radius 3 is 2.90 bits per heavy atom. The number of ether oxygens (including phenoxy) is 1. The van der Waals surface area contributed by atoms with Gasteiger partial charge in [0.1, 0.15) is 11.5 Å². The number of methoxy groups -OCH3 is 1. The Balaban J connectivity index is 2.22. The number of hydrogen-bond acceptors (Lipinski definition) is 4. The number of nitrogens with zero attached hydrogens (tertiary/aromatic N) is 1. The van der Waals surface area contributed by atoms with Crippen molar-refractivity contribution >= 4 is 5.91 Å². The summed E-state index contributed by atoms with van der Waals surface area (Å²) >= 11 is 0. The van der Waals surface area contributed by atoms with Crippen LogP contribution in [0.15, 0.2) is 18.2 Å². The van der Waals surface area contributed by atoms with Gasteiger partial charge in [-0.3, -0.25) is 4.79 Å². The molecule has 1 heterocycles. The Bertz CT molecular complexity index is 504. The number of rotatable bonds is 4. The van der Waals surface area contributed by atoms with Gasteiger partial charge in [-0.15, -0.1) is 0 Å². The number of amides is 1. The fourth-order valence-electron chi connectivity index (χ4n) is 2.96. The highest BCUT2D eigenvalue weighted by Crippen LogP contribution is 2.29. The second-order valence-electron chi connectivity index (χ2n) is 5.57. The predicted molar refractivity (Wildman–Crippen MR) is 81.6 cm³/mol. The Morgan fingerprint density at radius 1 is 1.52 bits per heavy atom. The van der Waals surface area contributed by atoms with Gasteiger partial charge in [0.2, 0.25) is 0 Å². The third-order valence-corrected chi connectivity index (χ3v) is 4.37. The highest BCUT2D eigenvalue weighted by Gasteiger charge is 2.31. The smallest absolute Gasteiger partial charge is 0.258 e. The molecule has 2 atom stereocenters. The quantitative estimate of drug-likeness (QED) is 0.890. The van der Waals surface area contributed by atoms with Crippen LogP contribution in [0, 0.1) is 5.92 Å². The number of benzene rings is 1. The molecule has 5 nitrogen and oxygen atoms in total. The number of carbonyl (C=O) groups is 1. The Hall–Kier alpha value is -1.75. The maximum absolute atomic E-state index is 12.7. The van der Waals surface area contributed by atoms with E-state index in [0.29, 0.717) is 24.8 Å². The summed E-state index contributed by atoms with van der Waals surface area (Å²) in [6.45, 7) is 3.31. The first kappa shape index (κ1) is 15.6. The molecule has 1 aliphatic heterocycles. The van der Waals surface area contributed by atoms with Gasteiger partial charge in [-0.2, -0.15) is 0 Å². The van der Waals surface area contributed by atoms with Crippen molar-refractivity contribution in [2.24, 2.45) is 11.7 Å². The minimum atomic E-state index is -0.170. The van der Waals surface area contributed by atoms with Gasteiger partial charge in [0.05, 0.1) is 12.7 Å². The average molecular weight is 292 g/mol. The van der Waals surface area contributed by atoms with Crippen LogP contribution in [0.3, 0.4) is 0 Å². The van der Waals surface area contributed by atoms with E-state index in [2.05, 4.69) is 6.92 Å². The zero-order valence-electron chi connectivity index (χ0n) is 12.7. The number of hydrogen-bond donors (Lipinski definition) is 2. The van der Waals surface area contributed by atoms with Crippen molar-refractivity contribution in [3.63, 3.8) is 0 Å². The molecule has 5 heteroatoms. The normalized spacial score (nSPS) is 22.1. The highest BCUT2D eigenvalue weighted by atomic mass is 16.5. The fraction of sp³-hybridized carbons (Fsp3) is 0.562. The summed E-state index contributed by atoms with van der Waals surface area (Å²) in [5, 5.41) is 9.95. The molecule has 0 aromatic heterocycles. The van der Waals surface area contributed by atoms with E-state index in [4.69, 9.17) is 10.5 Å². The largest absolute Gasteiger partial charge is 0.507 e. The van der Waals surface area contributed by atoms with Crippen LogP contribution < -0.4 is 10.5 Å². The SMILES string of the molecule is CCC1CCN(C(=O)c2cc(OC)ccc2O)C(CN)C1. The zero-order chi connectivity index (χ0) is 15.4. The van der Waals surface area contributed by atoms with Gasteiger partial charge in [-0.1, -0.05) is 13.3 Å². The van der Waals surface area contributed by atoms with Crippen molar-refractivity contribution in [3.05, 3.63) is 23.8 Å². The summed E-state index contributed by atoms with van der Waals surface area (Å²) in [6, 6.07) is 4.75. The van der Waals surface area contributed by atoms with Crippen molar-refractivity contribution in [2.45, 2.75) is 32.2 Å². The molecule has 1 aromatic carbocycles. The van der Waals surface area contributed by atoms with Crippen LogP contribution in [0.2, 0.25) is 0 Å². The lowest BCUT2D eigenvalue weighted by atomic mass is 9.88. The number of phenolic OH excluding ortho intramolecular Hbond substituents is 1. The third kappa shape index (κ3) is 3.29. The summed E-state index contributed by atoms with van der Waals surface area (Å²) in [5.74, 6) is 0.996. The van der Waals surface area contributed by atoms with E-state index in [1.807, 2.05) is 0 Å². The zero-order valence-corrected chi connectivity index (χ0v) is 12.7. The molecule has 1 aromatic rings. The first-order chi connectivity index (χ1) is 10.1. The molecule has 2 rings (SSSR count). The van der Waals surface area contributed by atoms with Gasteiger partial charge in [0.15, 0.2) is 0 Å². The Labute approximate surface area is 125 Å². The molecule has 0 saturated carbocycles. The van der Waals surface area contributed by atoms with Crippen molar-refractivity contribution in [1.82, 2.24) is 4.90 Å².